The van der Waals surface area contributed by atoms with Gasteiger partial charge >= 0.3 is 0 Å². The highest BCUT2D eigenvalue weighted by Gasteiger charge is 2.13. The van der Waals surface area contributed by atoms with E-state index >= 15 is 0 Å². The second-order valence-electron chi connectivity index (χ2n) is 4.89. The quantitative estimate of drug-likeness (QED) is 0.854. The third-order valence-electron chi connectivity index (χ3n) is 3.42. The molecule has 2 rings (SSSR count). The minimum atomic E-state index is 0.370. The Labute approximate surface area is 115 Å². The highest BCUT2D eigenvalue weighted by Crippen LogP contribution is 2.23. The van der Waals surface area contributed by atoms with Gasteiger partial charge in [-0.15, -0.1) is 0 Å². The van der Waals surface area contributed by atoms with Gasteiger partial charge in [-0.05, 0) is 36.2 Å². The van der Waals surface area contributed by atoms with E-state index in [9.17, 15) is 0 Å². The minimum Gasteiger partial charge on any atom is -0.319 e. The molecule has 2 nitrogen and oxygen atoms in total. The standard InChI is InChI=1S/C17H22N2/c1-3-5-14-7-9-15(10-8-14)17(13-18-2)16-6-4-11-19-12-16/h4,6-12,17-18H,3,5,13H2,1-2H3. The van der Waals surface area contributed by atoms with Gasteiger partial charge in [0.25, 0.3) is 0 Å². The van der Waals surface area contributed by atoms with E-state index in [1.165, 1.54) is 23.1 Å². The number of aryl methyl sites for hydroxylation is 1. The monoisotopic (exact) mass is 254 g/mol. The van der Waals surface area contributed by atoms with Crippen LogP contribution in [0, 0.1) is 0 Å². The van der Waals surface area contributed by atoms with Crippen molar-refractivity contribution >= 4 is 0 Å². The van der Waals surface area contributed by atoms with Crippen molar-refractivity contribution in [2.24, 2.45) is 0 Å². The van der Waals surface area contributed by atoms with Crippen LogP contribution in [-0.4, -0.2) is 18.6 Å². The Bertz CT molecular complexity index is 476. The van der Waals surface area contributed by atoms with Crippen molar-refractivity contribution in [2.45, 2.75) is 25.7 Å². The van der Waals surface area contributed by atoms with Crippen LogP contribution in [0.25, 0.3) is 0 Å². The van der Waals surface area contributed by atoms with Crippen molar-refractivity contribution < 1.29 is 0 Å². The van der Waals surface area contributed by atoms with Gasteiger partial charge in [-0.2, -0.15) is 0 Å². The fraction of sp³-hybridized carbons (Fsp3) is 0.353. The lowest BCUT2D eigenvalue weighted by atomic mass is 9.91. The Hall–Kier alpha value is -1.67. The summed E-state index contributed by atoms with van der Waals surface area (Å²) in [5.41, 5.74) is 4.03. The SMILES string of the molecule is CCCc1ccc(C(CNC)c2cccnc2)cc1. The van der Waals surface area contributed by atoms with Gasteiger partial charge in [0.05, 0.1) is 0 Å². The molecule has 0 bridgehead atoms. The number of aromatic nitrogens is 1. The first-order valence-corrected chi connectivity index (χ1v) is 6.98. The average molecular weight is 254 g/mol. The summed E-state index contributed by atoms with van der Waals surface area (Å²) in [5.74, 6) is 0.370. The molecule has 2 aromatic rings. The molecular weight excluding hydrogens is 232 g/mol. The highest BCUT2D eigenvalue weighted by atomic mass is 14.8. The van der Waals surface area contributed by atoms with E-state index in [0.29, 0.717) is 5.92 Å². The summed E-state index contributed by atoms with van der Waals surface area (Å²) >= 11 is 0. The summed E-state index contributed by atoms with van der Waals surface area (Å²) < 4.78 is 0. The number of pyridine rings is 1. The van der Waals surface area contributed by atoms with Gasteiger partial charge in [-0.3, -0.25) is 4.98 Å². The molecule has 0 aliphatic heterocycles. The van der Waals surface area contributed by atoms with E-state index in [1.807, 2.05) is 25.5 Å². The van der Waals surface area contributed by atoms with Crippen molar-refractivity contribution in [1.82, 2.24) is 10.3 Å². The Kier molecular flexibility index (Phi) is 5.10. The average Bonchev–Trinajstić information content (AvgIpc) is 2.47. The zero-order valence-corrected chi connectivity index (χ0v) is 11.8. The van der Waals surface area contributed by atoms with Gasteiger partial charge in [0.1, 0.15) is 0 Å². The van der Waals surface area contributed by atoms with Crippen LogP contribution >= 0.6 is 0 Å². The largest absolute Gasteiger partial charge is 0.319 e. The summed E-state index contributed by atoms with van der Waals surface area (Å²) in [4.78, 5) is 4.23. The molecule has 1 atom stereocenters. The maximum Gasteiger partial charge on any atom is 0.0306 e. The van der Waals surface area contributed by atoms with Crippen molar-refractivity contribution in [2.75, 3.05) is 13.6 Å². The van der Waals surface area contributed by atoms with Crippen molar-refractivity contribution in [3.8, 4) is 0 Å². The number of nitrogens with one attached hydrogen (secondary N) is 1. The van der Waals surface area contributed by atoms with E-state index in [-0.39, 0.29) is 0 Å². The molecule has 0 amide bonds. The summed E-state index contributed by atoms with van der Waals surface area (Å²) in [6.45, 7) is 3.15. The maximum absolute atomic E-state index is 4.23. The lowest BCUT2D eigenvalue weighted by Crippen LogP contribution is -2.18. The second-order valence-corrected chi connectivity index (χ2v) is 4.89. The molecule has 0 saturated heterocycles. The first kappa shape index (κ1) is 13.8. The van der Waals surface area contributed by atoms with E-state index in [2.05, 4.69) is 47.6 Å². The summed E-state index contributed by atoms with van der Waals surface area (Å²) in [6.07, 6.45) is 6.14. The molecular formula is C17H22N2. The van der Waals surface area contributed by atoms with Crippen molar-refractivity contribution in [3.63, 3.8) is 0 Å². The van der Waals surface area contributed by atoms with Gasteiger partial charge in [-0.1, -0.05) is 43.7 Å². The number of nitrogens with zero attached hydrogens (tertiary/aromatic N) is 1. The van der Waals surface area contributed by atoms with Crippen molar-refractivity contribution in [3.05, 3.63) is 65.5 Å². The van der Waals surface area contributed by atoms with E-state index < -0.39 is 0 Å². The Morgan fingerprint density at radius 2 is 1.89 bits per heavy atom. The highest BCUT2D eigenvalue weighted by molar-refractivity contribution is 5.33. The van der Waals surface area contributed by atoms with Crippen molar-refractivity contribution in [1.29, 1.82) is 0 Å². The molecule has 100 valence electrons. The molecule has 0 aliphatic rings. The molecule has 2 heteroatoms. The van der Waals surface area contributed by atoms with E-state index in [4.69, 9.17) is 0 Å². The van der Waals surface area contributed by atoms with E-state index in [0.717, 1.165) is 13.0 Å². The van der Waals surface area contributed by atoms with Gasteiger partial charge in [0.15, 0.2) is 0 Å². The van der Waals surface area contributed by atoms with Gasteiger partial charge < -0.3 is 5.32 Å². The molecule has 0 radical (unpaired) electrons. The second kappa shape index (κ2) is 7.05. The molecule has 0 aliphatic carbocycles. The Morgan fingerprint density at radius 1 is 1.11 bits per heavy atom. The zero-order chi connectivity index (χ0) is 13.5. The first-order valence-electron chi connectivity index (χ1n) is 6.98. The minimum absolute atomic E-state index is 0.370. The third kappa shape index (κ3) is 3.65. The predicted octanol–water partition coefficient (Wildman–Crippen LogP) is 3.39. The molecule has 1 aromatic heterocycles. The summed E-state index contributed by atoms with van der Waals surface area (Å²) in [7, 11) is 1.99. The topological polar surface area (TPSA) is 24.9 Å². The number of hydrogen-bond acceptors (Lipinski definition) is 2. The van der Waals surface area contributed by atoms with Crippen LogP contribution in [0.4, 0.5) is 0 Å². The third-order valence-corrected chi connectivity index (χ3v) is 3.42. The first-order chi connectivity index (χ1) is 9.35. The van der Waals surface area contributed by atoms with Gasteiger partial charge in [0, 0.05) is 24.9 Å². The van der Waals surface area contributed by atoms with Crippen LogP contribution < -0.4 is 5.32 Å². The molecule has 0 spiro atoms. The van der Waals surface area contributed by atoms with Crippen LogP contribution in [-0.2, 0) is 6.42 Å². The lowest BCUT2D eigenvalue weighted by molar-refractivity contribution is 0.705. The number of rotatable bonds is 6. The smallest absolute Gasteiger partial charge is 0.0306 e. The summed E-state index contributed by atoms with van der Waals surface area (Å²) in [5, 5.41) is 3.28. The Balaban J connectivity index is 2.24. The van der Waals surface area contributed by atoms with Crippen LogP contribution in [0.3, 0.4) is 0 Å². The number of hydrogen-bond donors (Lipinski definition) is 1. The molecule has 0 saturated carbocycles. The molecule has 1 aromatic carbocycles. The predicted molar refractivity (Wildman–Crippen MR) is 80.4 cm³/mol. The lowest BCUT2D eigenvalue weighted by Gasteiger charge is -2.17. The van der Waals surface area contributed by atoms with Gasteiger partial charge in [-0.25, -0.2) is 0 Å². The number of benzene rings is 1. The zero-order valence-electron chi connectivity index (χ0n) is 11.8. The van der Waals surface area contributed by atoms with Crippen LogP contribution in [0.5, 0.6) is 0 Å². The fourth-order valence-corrected chi connectivity index (χ4v) is 2.42. The number of likely N-dealkylation sites (N-methyl/N-ethyl adjacent to an activating group) is 1. The van der Waals surface area contributed by atoms with E-state index in [1.54, 1.807) is 0 Å². The molecule has 1 N–H and O–H groups in total. The van der Waals surface area contributed by atoms with Crippen LogP contribution in [0.1, 0.15) is 36.0 Å². The van der Waals surface area contributed by atoms with Gasteiger partial charge in [0.2, 0.25) is 0 Å². The molecule has 1 unspecified atom stereocenters. The Morgan fingerprint density at radius 3 is 2.47 bits per heavy atom. The summed E-state index contributed by atoms with van der Waals surface area (Å²) in [6, 6.07) is 13.1. The molecule has 19 heavy (non-hydrogen) atoms. The molecule has 1 heterocycles. The normalized spacial score (nSPS) is 12.3. The van der Waals surface area contributed by atoms with Crippen LogP contribution in [0.15, 0.2) is 48.8 Å². The maximum atomic E-state index is 4.23. The molecule has 0 fully saturated rings. The van der Waals surface area contributed by atoms with Crippen LogP contribution in [0.2, 0.25) is 0 Å². The fourth-order valence-electron chi connectivity index (χ4n) is 2.42.